The number of hydrogen-bond donors (Lipinski definition) is 0. The third kappa shape index (κ3) is 3.61. The van der Waals surface area contributed by atoms with Crippen molar-refractivity contribution in [2.45, 2.75) is 13.5 Å². The minimum atomic E-state index is -0.223. The molecular weight excluding hydrogens is 413 g/mol. The van der Waals surface area contributed by atoms with E-state index in [1.807, 2.05) is 37.3 Å². The highest BCUT2D eigenvalue weighted by molar-refractivity contribution is 7.22. The summed E-state index contributed by atoms with van der Waals surface area (Å²) >= 11 is 14.0. The summed E-state index contributed by atoms with van der Waals surface area (Å²) in [5.41, 5.74) is 2.88. The van der Waals surface area contributed by atoms with Crippen LogP contribution in [0.2, 0.25) is 10.0 Å². The van der Waals surface area contributed by atoms with E-state index in [4.69, 9.17) is 28.2 Å². The smallest absolute Gasteiger partial charge is 0.261 e. The molecule has 0 saturated carbocycles. The number of aryl methyl sites for hydroxylation is 1. The van der Waals surface area contributed by atoms with Crippen LogP contribution in [0, 0.1) is 6.92 Å². The maximum Gasteiger partial charge on any atom is 0.261 e. The van der Waals surface area contributed by atoms with Crippen LogP contribution in [-0.4, -0.2) is 15.9 Å². The third-order valence-corrected chi connectivity index (χ3v) is 6.15. The van der Waals surface area contributed by atoms with Crippen LogP contribution in [0.15, 0.2) is 60.8 Å². The largest absolute Gasteiger partial charge is 0.278 e. The highest BCUT2D eigenvalue weighted by Crippen LogP contribution is 2.35. The lowest BCUT2D eigenvalue weighted by Crippen LogP contribution is -2.31. The first kappa shape index (κ1) is 18.9. The monoisotopic (exact) mass is 427 g/mol. The van der Waals surface area contributed by atoms with Crippen LogP contribution in [-0.2, 0) is 6.54 Å². The van der Waals surface area contributed by atoms with Crippen molar-refractivity contribution in [3.05, 3.63) is 87.7 Å². The lowest BCUT2D eigenvalue weighted by Gasteiger charge is -2.20. The molecule has 0 aliphatic carbocycles. The molecule has 0 N–H and O–H groups in total. The van der Waals surface area contributed by atoms with Gasteiger partial charge in [-0.3, -0.25) is 14.7 Å². The maximum absolute atomic E-state index is 13.4. The van der Waals surface area contributed by atoms with Gasteiger partial charge in [0.05, 0.1) is 33.0 Å². The van der Waals surface area contributed by atoms with Gasteiger partial charge in [0, 0.05) is 11.2 Å². The van der Waals surface area contributed by atoms with E-state index in [0.717, 1.165) is 21.5 Å². The van der Waals surface area contributed by atoms with Crippen molar-refractivity contribution in [3.8, 4) is 0 Å². The summed E-state index contributed by atoms with van der Waals surface area (Å²) in [6.07, 6.45) is 1.70. The van der Waals surface area contributed by atoms with Gasteiger partial charge in [0.2, 0.25) is 0 Å². The zero-order valence-corrected chi connectivity index (χ0v) is 17.2. The molecule has 1 amide bonds. The van der Waals surface area contributed by atoms with E-state index < -0.39 is 0 Å². The highest BCUT2D eigenvalue weighted by atomic mass is 35.5. The minimum absolute atomic E-state index is 0.223. The van der Waals surface area contributed by atoms with Gasteiger partial charge in [-0.1, -0.05) is 52.7 Å². The van der Waals surface area contributed by atoms with Gasteiger partial charge in [-0.05, 0) is 48.9 Å². The van der Waals surface area contributed by atoms with Crippen molar-refractivity contribution in [2.75, 3.05) is 4.90 Å². The second-order valence-electron chi connectivity index (χ2n) is 6.21. The van der Waals surface area contributed by atoms with Crippen molar-refractivity contribution >= 4 is 55.8 Å². The number of carbonyl (C=O) groups excluding carboxylic acids is 1. The predicted molar refractivity (Wildman–Crippen MR) is 116 cm³/mol. The maximum atomic E-state index is 13.4. The van der Waals surface area contributed by atoms with Gasteiger partial charge in [0.1, 0.15) is 0 Å². The number of benzene rings is 2. The van der Waals surface area contributed by atoms with Crippen LogP contribution in [0.1, 0.15) is 21.6 Å². The van der Waals surface area contributed by atoms with Gasteiger partial charge >= 0.3 is 0 Å². The molecule has 2 aromatic heterocycles. The quantitative estimate of drug-likeness (QED) is 0.392. The molecule has 2 aromatic carbocycles. The fourth-order valence-electron chi connectivity index (χ4n) is 2.86. The number of pyridine rings is 1. The normalized spacial score (nSPS) is 11.0. The van der Waals surface area contributed by atoms with E-state index in [0.29, 0.717) is 20.7 Å². The Hall–Kier alpha value is -2.47. The first-order valence-electron chi connectivity index (χ1n) is 8.56. The zero-order chi connectivity index (χ0) is 19.7. The number of carbonyl (C=O) groups is 1. The van der Waals surface area contributed by atoms with E-state index in [2.05, 4.69) is 4.98 Å². The molecule has 140 valence electrons. The van der Waals surface area contributed by atoms with Crippen molar-refractivity contribution in [3.63, 3.8) is 0 Å². The third-order valence-electron chi connectivity index (χ3n) is 4.36. The SMILES string of the molecule is Cc1c(Cl)ccc2sc(N(Cc3ccccn3)C(=O)c3ccccc3Cl)nc12. The number of anilines is 1. The van der Waals surface area contributed by atoms with E-state index in [1.54, 1.807) is 35.4 Å². The van der Waals surface area contributed by atoms with Gasteiger partial charge < -0.3 is 0 Å². The van der Waals surface area contributed by atoms with Gasteiger partial charge in [-0.15, -0.1) is 0 Å². The van der Waals surface area contributed by atoms with Crippen molar-refractivity contribution in [1.82, 2.24) is 9.97 Å². The zero-order valence-electron chi connectivity index (χ0n) is 14.9. The molecule has 0 spiro atoms. The Morgan fingerprint density at radius 2 is 1.82 bits per heavy atom. The molecule has 4 aromatic rings. The summed E-state index contributed by atoms with van der Waals surface area (Å²) < 4.78 is 0.967. The first-order chi connectivity index (χ1) is 13.5. The molecule has 0 bridgehead atoms. The van der Waals surface area contributed by atoms with Crippen LogP contribution in [0.3, 0.4) is 0 Å². The molecule has 0 atom stereocenters. The Kier molecular flexibility index (Phi) is 5.31. The molecule has 28 heavy (non-hydrogen) atoms. The van der Waals surface area contributed by atoms with Gasteiger partial charge in [-0.25, -0.2) is 4.98 Å². The standard InChI is InChI=1S/C21H15Cl2N3OS/c1-13-16(22)9-10-18-19(13)25-21(28-18)26(12-14-6-4-5-11-24-14)20(27)15-7-2-3-8-17(15)23/h2-11H,12H2,1H3. The van der Waals surface area contributed by atoms with E-state index in [9.17, 15) is 4.79 Å². The van der Waals surface area contributed by atoms with Crippen molar-refractivity contribution < 1.29 is 4.79 Å². The van der Waals surface area contributed by atoms with Gasteiger partial charge in [-0.2, -0.15) is 0 Å². The number of hydrogen-bond acceptors (Lipinski definition) is 4. The summed E-state index contributed by atoms with van der Waals surface area (Å²) in [6, 6.07) is 16.4. The Bertz CT molecular complexity index is 1160. The molecule has 0 saturated heterocycles. The number of rotatable bonds is 4. The second-order valence-corrected chi connectivity index (χ2v) is 8.03. The van der Waals surface area contributed by atoms with Crippen LogP contribution in [0.4, 0.5) is 5.13 Å². The molecule has 0 radical (unpaired) electrons. The molecule has 7 heteroatoms. The van der Waals surface area contributed by atoms with Crippen LogP contribution < -0.4 is 4.90 Å². The topological polar surface area (TPSA) is 46.1 Å². The average molecular weight is 428 g/mol. The Morgan fingerprint density at radius 3 is 2.57 bits per heavy atom. The number of aromatic nitrogens is 2. The number of amides is 1. The molecule has 0 aliphatic heterocycles. The van der Waals surface area contributed by atoms with Crippen molar-refractivity contribution in [1.29, 1.82) is 0 Å². The fraction of sp³-hybridized carbons (Fsp3) is 0.0952. The molecule has 4 nitrogen and oxygen atoms in total. The Labute approximate surface area is 176 Å². The number of halogens is 2. The summed E-state index contributed by atoms with van der Waals surface area (Å²) in [7, 11) is 0. The molecular formula is C21H15Cl2N3OS. The molecule has 0 unspecified atom stereocenters. The van der Waals surface area contributed by atoms with E-state index in [1.165, 1.54) is 11.3 Å². The summed E-state index contributed by atoms with van der Waals surface area (Å²) in [4.78, 5) is 24.0. The summed E-state index contributed by atoms with van der Waals surface area (Å²) in [6.45, 7) is 2.21. The number of thiazole rings is 1. The van der Waals surface area contributed by atoms with E-state index in [-0.39, 0.29) is 12.5 Å². The fourth-order valence-corrected chi connectivity index (χ4v) is 4.26. The lowest BCUT2D eigenvalue weighted by atomic mass is 10.2. The average Bonchev–Trinajstić information content (AvgIpc) is 3.14. The Morgan fingerprint density at radius 1 is 1.04 bits per heavy atom. The second kappa shape index (κ2) is 7.87. The van der Waals surface area contributed by atoms with Gasteiger partial charge in [0.15, 0.2) is 5.13 Å². The van der Waals surface area contributed by atoms with Gasteiger partial charge in [0.25, 0.3) is 5.91 Å². The molecule has 0 fully saturated rings. The molecule has 4 rings (SSSR count). The number of fused-ring (bicyclic) bond motifs is 1. The van der Waals surface area contributed by atoms with E-state index >= 15 is 0 Å². The minimum Gasteiger partial charge on any atom is -0.278 e. The molecule has 2 heterocycles. The van der Waals surface area contributed by atoms with Crippen LogP contribution >= 0.6 is 34.5 Å². The lowest BCUT2D eigenvalue weighted by molar-refractivity contribution is 0.0985. The first-order valence-corrected chi connectivity index (χ1v) is 10.1. The van der Waals surface area contributed by atoms with Crippen LogP contribution in [0.25, 0.3) is 10.2 Å². The van der Waals surface area contributed by atoms with Crippen LogP contribution in [0.5, 0.6) is 0 Å². The Balaban J connectivity index is 1.82. The van der Waals surface area contributed by atoms with Crippen molar-refractivity contribution in [2.24, 2.45) is 0 Å². The highest BCUT2D eigenvalue weighted by Gasteiger charge is 2.24. The summed E-state index contributed by atoms with van der Waals surface area (Å²) in [5.74, 6) is -0.223. The number of nitrogens with zero attached hydrogens (tertiary/aromatic N) is 3. The summed E-state index contributed by atoms with van der Waals surface area (Å²) in [5, 5.41) is 1.63. The molecule has 0 aliphatic rings. The predicted octanol–water partition coefficient (Wildman–Crippen LogP) is 6.15.